The van der Waals surface area contributed by atoms with Gasteiger partial charge in [-0.05, 0) is 69.4 Å². The molecule has 35 heavy (non-hydrogen) atoms. The van der Waals surface area contributed by atoms with Crippen LogP contribution in [0.2, 0.25) is 0 Å². The zero-order chi connectivity index (χ0) is 25.0. The fraction of sp³-hybridized carbons (Fsp3) is 0.417. The van der Waals surface area contributed by atoms with Gasteiger partial charge in [-0.3, -0.25) is 4.79 Å². The van der Waals surface area contributed by atoms with Crippen LogP contribution in [0.3, 0.4) is 0 Å². The van der Waals surface area contributed by atoms with E-state index in [0.29, 0.717) is 17.9 Å². The van der Waals surface area contributed by atoms with Gasteiger partial charge in [0.25, 0.3) is 0 Å². The van der Waals surface area contributed by atoms with Crippen LogP contribution in [0, 0.1) is 13.8 Å². The number of hydrogen-bond donors (Lipinski definition) is 1. The number of anilines is 2. The summed E-state index contributed by atoms with van der Waals surface area (Å²) in [6.07, 6.45) is 0.980. The predicted octanol–water partition coefficient (Wildman–Crippen LogP) is 4.74. The van der Waals surface area contributed by atoms with Crippen LogP contribution in [0.4, 0.5) is 24.7 Å². The first kappa shape index (κ1) is 24.5. The van der Waals surface area contributed by atoms with Crippen molar-refractivity contribution in [3.8, 4) is 11.6 Å². The second kappa shape index (κ2) is 10.3. The summed E-state index contributed by atoms with van der Waals surface area (Å²) in [6.45, 7) is 5.79. The van der Waals surface area contributed by atoms with Gasteiger partial charge in [0.1, 0.15) is 17.9 Å². The lowest BCUT2D eigenvalue weighted by Gasteiger charge is -2.27. The molecule has 4 rings (SSSR count). The van der Waals surface area contributed by atoms with Crippen molar-refractivity contribution in [3.05, 3.63) is 53.6 Å². The topological polar surface area (TPSA) is 85.2 Å². The number of amides is 1. The van der Waals surface area contributed by atoms with Gasteiger partial charge in [-0.1, -0.05) is 0 Å². The number of ether oxygens (including phenoxy) is 1. The minimum atomic E-state index is -4.76. The number of nitrogens with one attached hydrogen (secondary N) is 1. The van der Waals surface area contributed by atoms with E-state index in [4.69, 9.17) is 0 Å². The average molecular weight is 489 g/mol. The van der Waals surface area contributed by atoms with Crippen molar-refractivity contribution in [2.75, 3.05) is 23.3 Å². The largest absolute Gasteiger partial charge is 0.573 e. The number of alkyl halides is 3. The average Bonchev–Trinajstić information content (AvgIpc) is 3.12. The third-order valence-electron chi connectivity index (χ3n) is 5.95. The summed E-state index contributed by atoms with van der Waals surface area (Å²) >= 11 is 0. The fourth-order valence-electron chi connectivity index (χ4n) is 4.21. The lowest BCUT2D eigenvalue weighted by molar-refractivity contribution is -0.274. The second-order valence-electron chi connectivity index (χ2n) is 8.46. The molecule has 0 unspecified atom stereocenters. The Morgan fingerprint density at radius 1 is 1.06 bits per heavy atom. The maximum atomic E-state index is 12.4. The highest BCUT2D eigenvalue weighted by molar-refractivity contribution is 5.90. The van der Waals surface area contributed by atoms with E-state index in [0.717, 1.165) is 60.8 Å². The maximum Gasteiger partial charge on any atom is 0.573 e. The molecule has 0 bridgehead atoms. The zero-order valence-corrected chi connectivity index (χ0v) is 19.6. The Hall–Kier alpha value is -3.63. The quantitative estimate of drug-likeness (QED) is 0.517. The molecule has 0 radical (unpaired) electrons. The number of halogens is 3. The third-order valence-corrected chi connectivity index (χ3v) is 5.95. The number of benzene rings is 1. The molecule has 2 aromatic heterocycles. The summed E-state index contributed by atoms with van der Waals surface area (Å²) in [5.41, 5.74) is 3.04. The number of nitrogens with zero attached hydrogens (tertiary/aromatic N) is 5. The van der Waals surface area contributed by atoms with Gasteiger partial charge in [0.2, 0.25) is 5.91 Å². The molecule has 1 fully saturated rings. The van der Waals surface area contributed by atoms with E-state index in [9.17, 15) is 18.0 Å². The first-order chi connectivity index (χ1) is 16.7. The van der Waals surface area contributed by atoms with E-state index >= 15 is 0 Å². The Morgan fingerprint density at radius 2 is 1.74 bits per heavy atom. The van der Waals surface area contributed by atoms with E-state index in [1.807, 2.05) is 19.9 Å². The van der Waals surface area contributed by atoms with Crippen LogP contribution in [-0.4, -0.2) is 45.1 Å². The van der Waals surface area contributed by atoms with Gasteiger partial charge in [-0.15, -0.1) is 13.2 Å². The highest BCUT2D eigenvalue weighted by Gasteiger charge is 2.31. The number of hydrogen-bond acceptors (Lipinski definition) is 6. The van der Waals surface area contributed by atoms with Crippen molar-refractivity contribution < 1.29 is 22.7 Å². The van der Waals surface area contributed by atoms with Crippen LogP contribution in [0.5, 0.6) is 5.75 Å². The molecule has 3 aromatic rings. The van der Waals surface area contributed by atoms with Gasteiger partial charge in [0.15, 0.2) is 5.82 Å². The normalized spacial score (nSPS) is 14.1. The van der Waals surface area contributed by atoms with Crippen LogP contribution in [0.15, 0.2) is 36.7 Å². The second-order valence-corrected chi connectivity index (χ2v) is 8.46. The van der Waals surface area contributed by atoms with E-state index < -0.39 is 6.36 Å². The Kier molecular flexibility index (Phi) is 7.23. The summed E-state index contributed by atoms with van der Waals surface area (Å²) in [4.78, 5) is 23.5. The highest BCUT2D eigenvalue weighted by Crippen LogP contribution is 2.25. The van der Waals surface area contributed by atoms with Crippen LogP contribution in [-0.2, 0) is 11.2 Å². The molecule has 8 nitrogen and oxygen atoms in total. The van der Waals surface area contributed by atoms with Gasteiger partial charge < -0.3 is 15.0 Å². The monoisotopic (exact) mass is 488 g/mol. The number of aromatic nitrogens is 4. The van der Waals surface area contributed by atoms with E-state index in [-0.39, 0.29) is 18.1 Å². The first-order valence-corrected chi connectivity index (χ1v) is 11.5. The van der Waals surface area contributed by atoms with Gasteiger partial charge in [-0.25, -0.2) is 14.6 Å². The number of aryl methyl sites for hydroxylation is 1. The number of carbonyl (C=O) groups excluding carboxylic acids is 1. The summed E-state index contributed by atoms with van der Waals surface area (Å²) in [7, 11) is 0. The van der Waals surface area contributed by atoms with E-state index in [1.165, 1.54) is 18.6 Å². The molecule has 0 atom stereocenters. The number of piperidine rings is 1. The van der Waals surface area contributed by atoms with Crippen molar-refractivity contribution in [2.24, 2.45) is 0 Å². The maximum absolute atomic E-state index is 12.4. The molecule has 1 aromatic carbocycles. The smallest absolute Gasteiger partial charge is 0.406 e. The van der Waals surface area contributed by atoms with Crippen LogP contribution in [0.1, 0.15) is 42.6 Å². The summed E-state index contributed by atoms with van der Waals surface area (Å²) < 4.78 is 42.5. The molecule has 1 aliphatic rings. The molecule has 0 saturated carbocycles. The summed E-state index contributed by atoms with van der Waals surface area (Å²) in [6, 6.07) is 6.97. The number of carbonyl (C=O) groups is 1. The molecule has 0 spiro atoms. The van der Waals surface area contributed by atoms with E-state index in [1.54, 1.807) is 11.0 Å². The van der Waals surface area contributed by atoms with Crippen LogP contribution in [0.25, 0.3) is 5.82 Å². The molecular weight excluding hydrogens is 461 g/mol. The van der Waals surface area contributed by atoms with Crippen molar-refractivity contribution in [3.63, 3.8) is 0 Å². The third kappa shape index (κ3) is 6.28. The molecule has 0 aliphatic carbocycles. The zero-order valence-electron chi connectivity index (χ0n) is 19.6. The Balaban J connectivity index is 1.39. The van der Waals surface area contributed by atoms with Crippen molar-refractivity contribution in [1.29, 1.82) is 0 Å². The molecule has 1 saturated heterocycles. The molecular formula is C24H27F3N6O2. The number of rotatable bonds is 7. The SMILES string of the molecule is Cc1nn(-c2cc(N3CCCCC3)ncn2)c(C)c1CCC(=O)Nc1ccc(OC(F)(F)F)cc1. The lowest BCUT2D eigenvalue weighted by Crippen LogP contribution is -2.30. The van der Waals surface area contributed by atoms with Crippen molar-refractivity contribution in [2.45, 2.75) is 52.3 Å². The minimum absolute atomic E-state index is 0.191. The van der Waals surface area contributed by atoms with Gasteiger partial charge in [-0.2, -0.15) is 5.10 Å². The van der Waals surface area contributed by atoms with Gasteiger partial charge >= 0.3 is 6.36 Å². The summed E-state index contributed by atoms with van der Waals surface area (Å²) in [5.74, 6) is 0.964. The molecule has 186 valence electrons. The van der Waals surface area contributed by atoms with Crippen LogP contribution >= 0.6 is 0 Å². The Labute approximate surface area is 201 Å². The van der Waals surface area contributed by atoms with Crippen molar-refractivity contribution in [1.82, 2.24) is 19.7 Å². The molecule has 1 N–H and O–H groups in total. The minimum Gasteiger partial charge on any atom is -0.406 e. The van der Waals surface area contributed by atoms with E-state index in [2.05, 4.69) is 30.0 Å². The van der Waals surface area contributed by atoms with Gasteiger partial charge in [0.05, 0.1) is 5.69 Å². The van der Waals surface area contributed by atoms with Crippen LogP contribution < -0.4 is 15.0 Å². The van der Waals surface area contributed by atoms with Gasteiger partial charge in [0, 0.05) is 37.0 Å². The standard InChI is InChI=1S/C24H27F3N6O2/c1-16-20(10-11-23(34)30-18-6-8-19(9-7-18)35-24(25,26)27)17(2)33(31-16)22-14-21(28-15-29-22)32-12-4-3-5-13-32/h6-9,14-15H,3-5,10-13H2,1-2H3,(H,30,34). The molecule has 1 aliphatic heterocycles. The molecule has 11 heteroatoms. The predicted molar refractivity (Wildman–Crippen MR) is 125 cm³/mol. The lowest BCUT2D eigenvalue weighted by atomic mass is 10.1. The fourth-order valence-corrected chi connectivity index (χ4v) is 4.21. The molecule has 1 amide bonds. The Morgan fingerprint density at radius 3 is 2.43 bits per heavy atom. The highest BCUT2D eigenvalue weighted by atomic mass is 19.4. The summed E-state index contributed by atoms with van der Waals surface area (Å²) in [5, 5.41) is 7.33. The molecule has 3 heterocycles. The van der Waals surface area contributed by atoms with Crippen molar-refractivity contribution >= 4 is 17.4 Å². The first-order valence-electron chi connectivity index (χ1n) is 11.5. The Bertz CT molecular complexity index is 1170.